The first-order chi connectivity index (χ1) is 12.2. The van der Waals surface area contributed by atoms with Gasteiger partial charge in [-0.05, 0) is 29.1 Å². The largest absolute Gasteiger partial charge is 0.478 e. The summed E-state index contributed by atoms with van der Waals surface area (Å²) in [4.78, 5) is 24.5. The summed E-state index contributed by atoms with van der Waals surface area (Å²) in [5.41, 5.74) is 2.39. The van der Waals surface area contributed by atoms with Gasteiger partial charge in [0.05, 0.1) is 15.8 Å². The monoisotopic (exact) mass is 354 g/mol. The number of carboxylic acid groups (broad SMARTS) is 1. The van der Waals surface area contributed by atoms with E-state index in [1.807, 2.05) is 18.2 Å². The maximum atomic E-state index is 11.1. The number of carbonyl (C=O) groups is 1. The van der Waals surface area contributed by atoms with E-state index in [2.05, 4.69) is 25.1 Å². The number of rotatable bonds is 4. The molecular weight excluding hydrogens is 336 g/mol. The van der Waals surface area contributed by atoms with E-state index in [-0.39, 0.29) is 0 Å². The van der Waals surface area contributed by atoms with Crippen LogP contribution < -0.4 is 4.90 Å². The van der Waals surface area contributed by atoms with E-state index < -0.39 is 5.97 Å². The van der Waals surface area contributed by atoms with Gasteiger partial charge in [-0.2, -0.15) is 0 Å². The lowest BCUT2D eigenvalue weighted by Gasteiger charge is -2.35. The van der Waals surface area contributed by atoms with Crippen LogP contribution >= 0.6 is 11.3 Å². The van der Waals surface area contributed by atoms with E-state index in [0.29, 0.717) is 5.56 Å². The topological polar surface area (TPSA) is 69.6 Å². The highest BCUT2D eigenvalue weighted by Crippen LogP contribution is 2.28. The minimum Gasteiger partial charge on any atom is -0.478 e. The van der Waals surface area contributed by atoms with Crippen LogP contribution in [0.15, 0.2) is 42.0 Å². The molecular formula is C18H18N4O2S. The smallest absolute Gasteiger partial charge is 0.335 e. The Hall–Kier alpha value is -2.51. The van der Waals surface area contributed by atoms with Crippen LogP contribution in [0.5, 0.6) is 0 Å². The summed E-state index contributed by atoms with van der Waals surface area (Å²) in [6, 6.07) is 9.21. The molecule has 7 heteroatoms. The highest BCUT2D eigenvalue weighted by molar-refractivity contribution is 7.17. The van der Waals surface area contributed by atoms with Crippen molar-refractivity contribution in [1.82, 2.24) is 14.9 Å². The number of carboxylic acids is 1. The van der Waals surface area contributed by atoms with Crippen LogP contribution in [-0.2, 0) is 6.54 Å². The molecule has 0 saturated carbocycles. The third kappa shape index (κ3) is 3.33. The van der Waals surface area contributed by atoms with Crippen LogP contribution in [0.2, 0.25) is 0 Å². The Morgan fingerprint density at radius 2 is 2.00 bits per heavy atom. The normalized spacial score (nSPS) is 15.6. The van der Waals surface area contributed by atoms with Crippen molar-refractivity contribution in [2.45, 2.75) is 6.54 Å². The first-order valence-electron chi connectivity index (χ1n) is 8.18. The van der Waals surface area contributed by atoms with Crippen LogP contribution in [0.25, 0.3) is 10.2 Å². The lowest BCUT2D eigenvalue weighted by molar-refractivity contribution is 0.0696. The Morgan fingerprint density at radius 3 is 2.80 bits per heavy atom. The van der Waals surface area contributed by atoms with Crippen LogP contribution in [0.4, 0.5) is 5.82 Å². The molecule has 0 radical (unpaired) electrons. The molecule has 1 aliphatic rings. The lowest BCUT2D eigenvalue weighted by atomic mass is 10.1. The molecule has 3 aromatic rings. The molecule has 0 aliphatic carbocycles. The van der Waals surface area contributed by atoms with E-state index in [1.165, 1.54) is 0 Å². The summed E-state index contributed by atoms with van der Waals surface area (Å²) in [5.74, 6) is 0.142. The van der Waals surface area contributed by atoms with Crippen LogP contribution in [0.3, 0.4) is 0 Å². The fourth-order valence-corrected chi connectivity index (χ4v) is 4.04. The van der Waals surface area contributed by atoms with Gasteiger partial charge in [0.15, 0.2) is 0 Å². The van der Waals surface area contributed by atoms with Crippen molar-refractivity contribution < 1.29 is 9.90 Å². The summed E-state index contributed by atoms with van der Waals surface area (Å²) in [6.07, 6.45) is 1.63. The van der Waals surface area contributed by atoms with E-state index in [1.54, 1.807) is 29.8 Å². The zero-order valence-corrected chi connectivity index (χ0v) is 14.4. The molecule has 1 N–H and O–H groups in total. The first kappa shape index (κ1) is 16.0. The molecule has 6 nitrogen and oxygen atoms in total. The first-order valence-corrected chi connectivity index (χ1v) is 9.06. The van der Waals surface area contributed by atoms with Crippen molar-refractivity contribution in [2.75, 3.05) is 31.1 Å². The molecule has 3 heterocycles. The number of thiophene rings is 1. The molecule has 4 rings (SSSR count). The maximum Gasteiger partial charge on any atom is 0.335 e. The summed E-state index contributed by atoms with van der Waals surface area (Å²) >= 11 is 1.68. The molecule has 1 saturated heterocycles. The Morgan fingerprint density at radius 1 is 1.16 bits per heavy atom. The molecule has 1 aliphatic heterocycles. The maximum absolute atomic E-state index is 11.1. The molecule has 0 amide bonds. The summed E-state index contributed by atoms with van der Waals surface area (Å²) in [6.45, 7) is 4.43. The fraction of sp³-hybridized carbons (Fsp3) is 0.278. The SMILES string of the molecule is O=C(O)c1cccc(CN2CCN(c3ncnc4ccsc34)CC2)c1. The van der Waals surface area contributed by atoms with E-state index in [0.717, 1.165) is 54.3 Å². The number of anilines is 1. The lowest BCUT2D eigenvalue weighted by Crippen LogP contribution is -2.46. The summed E-state index contributed by atoms with van der Waals surface area (Å²) < 4.78 is 1.14. The van der Waals surface area contributed by atoms with Crippen molar-refractivity contribution in [3.8, 4) is 0 Å². The van der Waals surface area contributed by atoms with Gasteiger partial charge in [0.1, 0.15) is 12.1 Å². The van der Waals surface area contributed by atoms with Crippen molar-refractivity contribution in [1.29, 1.82) is 0 Å². The average Bonchev–Trinajstić information content (AvgIpc) is 3.11. The molecule has 0 bridgehead atoms. The van der Waals surface area contributed by atoms with Crippen molar-refractivity contribution in [2.24, 2.45) is 0 Å². The van der Waals surface area contributed by atoms with Gasteiger partial charge in [0.2, 0.25) is 0 Å². The third-order valence-electron chi connectivity index (χ3n) is 4.48. The Labute approximate surface area is 149 Å². The van der Waals surface area contributed by atoms with Gasteiger partial charge in [-0.3, -0.25) is 4.90 Å². The number of aromatic carboxylic acids is 1. The number of nitrogens with zero attached hydrogens (tertiary/aromatic N) is 4. The highest BCUT2D eigenvalue weighted by atomic mass is 32.1. The molecule has 1 aromatic carbocycles. The average molecular weight is 354 g/mol. The second-order valence-corrected chi connectivity index (χ2v) is 7.02. The quantitative estimate of drug-likeness (QED) is 0.777. The van der Waals surface area contributed by atoms with Gasteiger partial charge in [-0.25, -0.2) is 14.8 Å². The van der Waals surface area contributed by atoms with Gasteiger partial charge in [-0.1, -0.05) is 12.1 Å². The molecule has 128 valence electrons. The summed E-state index contributed by atoms with van der Waals surface area (Å²) in [5, 5.41) is 11.2. The second kappa shape index (κ2) is 6.78. The Balaban J connectivity index is 1.42. The van der Waals surface area contributed by atoms with Crippen molar-refractivity contribution >= 4 is 33.3 Å². The van der Waals surface area contributed by atoms with Crippen LogP contribution in [0.1, 0.15) is 15.9 Å². The van der Waals surface area contributed by atoms with Crippen molar-refractivity contribution in [3.63, 3.8) is 0 Å². The predicted molar refractivity (Wildman–Crippen MR) is 98.3 cm³/mol. The third-order valence-corrected chi connectivity index (χ3v) is 5.38. The zero-order valence-electron chi connectivity index (χ0n) is 13.6. The second-order valence-electron chi connectivity index (χ2n) is 6.10. The highest BCUT2D eigenvalue weighted by Gasteiger charge is 2.20. The fourth-order valence-electron chi connectivity index (χ4n) is 3.18. The van der Waals surface area contributed by atoms with E-state index in [4.69, 9.17) is 5.11 Å². The van der Waals surface area contributed by atoms with Crippen LogP contribution in [0, 0.1) is 0 Å². The number of fused-ring (bicyclic) bond motifs is 1. The minimum atomic E-state index is -0.879. The van der Waals surface area contributed by atoms with E-state index >= 15 is 0 Å². The van der Waals surface area contributed by atoms with Crippen LogP contribution in [-0.4, -0.2) is 52.1 Å². The Bertz CT molecular complexity index is 903. The van der Waals surface area contributed by atoms with Gasteiger partial charge < -0.3 is 10.0 Å². The predicted octanol–water partition coefficient (Wildman–Crippen LogP) is 2.71. The molecule has 0 atom stereocenters. The number of aromatic nitrogens is 2. The molecule has 0 spiro atoms. The zero-order chi connectivity index (χ0) is 17.2. The van der Waals surface area contributed by atoms with Gasteiger partial charge in [0, 0.05) is 32.7 Å². The van der Waals surface area contributed by atoms with Gasteiger partial charge >= 0.3 is 5.97 Å². The molecule has 2 aromatic heterocycles. The minimum absolute atomic E-state index is 0.345. The van der Waals surface area contributed by atoms with Crippen molar-refractivity contribution in [3.05, 3.63) is 53.2 Å². The number of piperazine rings is 1. The molecule has 1 fully saturated rings. The number of benzene rings is 1. The summed E-state index contributed by atoms with van der Waals surface area (Å²) in [7, 11) is 0. The molecule has 25 heavy (non-hydrogen) atoms. The standard InChI is InChI=1S/C18H18N4O2S/c23-18(24)14-3-1-2-13(10-14)11-21-5-7-22(8-6-21)17-16-15(4-9-25-16)19-12-20-17/h1-4,9-10,12H,5-8,11H2,(H,23,24). The number of hydrogen-bond acceptors (Lipinski definition) is 6. The van der Waals surface area contributed by atoms with Gasteiger partial charge in [0.25, 0.3) is 0 Å². The molecule has 0 unspecified atom stereocenters. The van der Waals surface area contributed by atoms with Gasteiger partial charge in [-0.15, -0.1) is 11.3 Å². The Kier molecular flexibility index (Phi) is 4.33. The number of hydrogen-bond donors (Lipinski definition) is 1. The van der Waals surface area contributed by atoms with E-state index in [9.17, 15) is 4.79 Å².